The van der Waals surface area contributed by atoms with Gasteiger partial charge in [-0.05, 0) is 96.3 Å². The highest BCUT2D eigenvalue weighted by Gasteiger charge is 2.25. The second kappa shape index (κ2) is 81.6. The fraction of sp³-hybridized carbons (Fsp3) is 0.772. The van der Waals surface area contributed by atoms with Gasteiger partial charge in [-0.25, -0.2) is 4.79 Å². The molecule has 2 atom stereocenters. The number of carbonyl (C=O) groups excluding carboxylic acids is 2. The fourth-order valence-electron chi connectivity index (χ4n) is 12.6. The number of allylic oxidation sites excluding steroid dienone is 18. The van der Waals surface area contributed by atoms with Gasteiger partial charge in [-0.15, -0.1) is 0 Å². The smallest absolute Gasteiger partial charge is 0.361 e. The van der Waals surface area contributed by atoms with Crippen molar-refractivity contribution >= 4 is 17.9 Å². The summed E-state index contributed by atoms with van der Waals surface area (Å²) in [7, 11) is 6.00. The first-order valence-electron chi connectivity index (χ1n) is 43.1. The highest BCUT2D eigenvalue weighted by molar-refractivity contribution is 5.71. The van der Waals surface area contributed by atoms with Crippen LogP contribution in [0.25, 0.3) is 0 Å². The van der Waals surface area contributed by atoms with Gasteiger partial charge in [-0.2, -0.15) is 0 Å². The van der Waals surface area contributed by atoms with E-state index in [4.69, 9.17) is 18.9 Å². The molecule has 0 aliphatic carbocycles. The number of ether oxygens (including phenoxy) is 4. The summed E-state index contributed by atoms with van der Waals surface area (Å²) in [6.07, 6.45) is 113. The summed E-state index contributed by atoms with van der Waals surface area (Å²) in [5.41, 5.74) is 0. The minimum absolute atomic E-state index is 0.179. The van der Waals surface area contributed by atoms with Crippen molar-refractivity contribution in [3.8, 4) is 0 Å². The number of carboxylic acids is 1. The molecule has 9 nitrogen and oxygen atoms in total. The SMILES string of the molecule is CC/C=C\C/C=C\C/C=C\C/C=C\C/C=C\CCCCCCCCCCCCCCCCCCCCCCCCCCCC(=O)OC(COC(=O)CCCCCCCCCCCCCCCCCCCCCCCC/C=C\C/C=C\C/C=C\C/C=C\CC)COC(OCC[N+](C)(C)C)C(=O)O. The Kier molecular flexibility index (Phi) is 78.3. The Labute approximate surface area is 625 Å². The number of esters is 2. The molecule has 0 saturated carbocycles. The van der Waals surface area contributed by atoms with Crippen molar-refractivity contribution < 1.29 is 42.9 Å². The van der Waals surface area contributed by atoms with Gasteiger partial charge in [0.2, 0.25) is 0 Å². The zero-order chi connectivity index (χ0) is 73.2. The molecule has 0 aliphatic rings. The summed E-state index contributed by atoms with van der Waals surface area (Å²) in [6.45, 7) is 4.71. The van der Waals surface area contributed by atoms with Crippen LogP contribution in [-0.2, 0) is 33.3 Å². The van der Waals surface area contributed by atoms with E-state index >= 15 is 0 Å². The van der Waals surface area contributed by atoms with Crippen molar-refractivity contribution in [3.05, 3.63) is 109 Å². The average Bonchev–Trinajstić information content (AvgIpc) is 1.21. The maximum absolute atomic E-state index is 13.0. The lowest BCUT2D eigenvalue weighted by Gasteiger charge is -2.25. The topological polar surface area (TPSA) is 108 Å². The molecule has 0 aromatic heterocycles. The molecule has 2 unspecified atom stereocenters. The number of unbranched alkanes of at least 4 members (excludes halogenated alkanes) is 47. The summed E-state index contributed by atoms with van der Waals surface area (Å²) in [5, 5.41) is 9.79. The van der Waals surface area contributed by atoms with Gasteiger partial charge in [0.25, 0.3) is 6.29 Å². The Balaban J connectivity index is 3.93. The van der Waals surface area contributed by atoms with Crippen molar-refractivity contribution in [1.29, 1.82) is 0 Å². The molecule has 0 rings (SSSR count). The van der Waals surface area contributed by atoms with Crippen LogP contribution in [0.2, 0.25) is 0 Å². The number of carboxylic acid groups (broad SMARTS) is 1. The van der Waals surface area contributed by atoms with Crippen LogP contribution in [0.1, 0.15) is 399 Å². The number of rotatable bonds is 80. The zero-order valence-electron chi connectivity index (χ0n) is 67.1. The Morgan fingerprint density at radius 2 is 0.535 bits per heavy atom. The van der Waals surface area contributed by atoms with E-state index in [0.717, 1.165) is 96.3 Å². The zero-order valence-corrected chi connectivity index (χ0v) is 67.1. The molecular weight excluding hydrogens is 1250 g/mol. The molecule has 0 fully saturated rings. The summed E-state index contributed by atoms with van der Waals surface area (Å²) < 4.78 is 23.1. The lowest BCUT2D eigenvalue weighted by atomic mass is 10.0. The highest BCUT2D eigenvalue weighted by Crippen LogP contribution is 2.20. The third-order valence-corrected chi connectivity index (χ3v) is 19.0. The quantitative estimate of drug-likeness (QED) is 0.0211. The number of aliphatic carboxylic acids is 1. The molecule has 9 heteroatoms. The van der Waals surface area contributed by atoms with Crippen LogP contribution in [0.3, 0.4) is 0 Å². The van der Waals surface area contributed by atoms with Crippen molar-refractivity contribution in [1.82, 2.24) is 0 Å². The molecule has 0 bridgehead atoms. The second-order valence-corrected chi connectivity index (χ2v) is 30.1. The monoisotopic (exact) mass is 1410 g/mol. The van der Waals surface area contributed by atoms with E-state index in [-0.39, 0.29) is 38.2 Å². The van der Waals surface area contributed by atoms with Crippen molar-refractivity contribution in [2.24, 2.45) is 0 Å². The first kappa shape index (κ1) is 97.0. The fourth-order valence-corrected chi connectivity index (χ4v) is 12.6. The molecule has 0 spiro atoms. The maximum atomic E-state index is 13.0. The largest absolute Gasteiger partial charge is 0.477 e. The molecule has 0 radical (unpaired) electrons. The van der Waals surface area contributed by atoms with E-state index in [9.17, 15) is 19.5 Å². The second-order valence-electron chi connectivity index (χ2n) is 30.1. The number of likely N-dealkylation sites (N-methyl/N-ethyl adjacent to an activating group) is 1. The van der Waals surface area contributed by atoms with Gasteiger partial charge in [0.05, 0.1) is 34.4 Å². The van der Waals surface area contributed by atoms with Crippen LogP contribution in [0.5, 0.6) is 0 Å². The lowest BCUT2D eigenvalue weighted by molar-refractivity contribution is -0.870. The van der Waals surface area contributed by atoms with Crippen molar-refractivity contribution in [3.63, 3.8) is 0 Å². The average molecular weight is 1410 g/mol. The third-order valence-electron chi connectivity index (χ3n) is 19.0. The van der Waals surface area contributed by atoms with Gasteiger partial charge in [-0.3, -0.25) is 9.59 Å². The van der Waals surface area contributed by atoms with Crippen LogP contribution in [0.15, 0.2) is 109 Å². The summed E-state index contributed by atoms with van der Waals surface area (Å²) >= 11 is 0. The van der Waals surface area contributed by atoms with Gasteiger partial charge >= 0.3 is 17.9 Å². The summed E-state index contributed by atoms with van der Waals surface area (Å²) in [5.74, 6) is -1.98. The molecular formula is C92H164NO8+. The van der Waals surface area contributed by atoms with Gasteiger partial charge in [0.15, 0.2) is 6.10 Å². The van der Waals surface area contributed by atoms with E-state index in [0.29, 0.717) is 17.4 Å². The number of hydrogen-bond donors (Lipinski definition) is 1. The van der Waals surface area contributed by atoms with Crippen LogP contribution >= 0.6 is 0 Å². The van der Waals surface area contributed by atoms with Crippen LogP contribution in [0.4, 0.5) is 0 Å². The number of nitrogens with zero attached hydrogens (tertiary/aromatic N) is 1. The molecule has 0 aliphatic heterocycles. The van der Waals surface area contributed by atoms with Crippen molar-refractivity contribution in [2.45, 2.75) is 411 Å². The van der Waals surface area contributed by atoms with Crippen LogP contribution < -0.4 is 0 Å². The molecule has 1 N–H and O–H groups in total. The number of hydrogen-bond acceptors (Lipinski definition) is 7. The van der Waals surface area contributed by atoms with Gasteiger partial charge in [0.1, 0.15) is 13.2 Å². The van der Waals surface area contributed by atoms with E-state index in [1.165, 1.54) is 276 Å². The Bertz CT molecular complexity index is 2040. The minimum atomic E-state index is -1.51. The Morgan fingerprint density at radius 3 is 0.792 bits per heavy atom. The Hall–Kier alpha value is -4.05. The summed E-state index contributed by atoms with van der Waals surface area (Å²) in [6, 6.07) is 0. The van der Waals surface area contributed by atoms with Crippen LogP contribution in [0, 0.1) is 0 Å². The predicted octanol–water partition coefficient (Wildman–Crippen LogP) is 28.0. The highest BCUT2D eigenvalue weighted by atomic mass is 16.7. The predicted molar refractivity (Wildman–Crippen MR) is 438 cm³/mol. The first-order chi connectivity index (χ1) is 49.6. The maximum Gasteiger partial charge on any atom is 0.361 e. The molecule has 101 heavy (non-hydrogen) atoms. The standard InChI is InChI=1S/C92H163NO8/c1-6-8-10-12-14-16-18-20-22-24-26-28-30-32-34-36-38-40-42-43-44-45-46-47-49-51-53-55-57-59-61-63-65-67-69-71-73-75-77-79-81-83-90(95)101-88(87-100-92(91(96)97)98-85-84-93(3,4)5)86-99-89(94)82-80-78-76-74-72-70-68-66-64-62-60-58-56-54-52-50-48-41-39-37-35-33-31-29-27-25-23-21-19-17-15-13-11-9-7-2/h8-11,14-17,20-23,26-29,32,34,88,92H,6-7,12-13,18-19,24-25,30-31,33,35-87H2,1-5H3/p+1/b10-8-,11-9-,16-14-,17-15-,22-20-,23-21-,28-26-,29-27-,34-32-. The Morgan fingerprint density at radius 1 is 0.297 bits per heavy atom. The molecule has 0 saturated heterocycles. The van der Waals surface area contributed by atoms with Gasteiger partial charge < -0.3 is 28.5 Å². The summed E-state index contributed by atoms with van der Waals surface area (Å²) in [4.78, 5) is 37.8. The van der Waals surface area contributed by atoms with Crippen LogP contribution in [-0.4, -0.2) is 87.4 Å². The van der Waals surface area contributed by atoms with Gasteiger partial charge in [0, 0.05) is 12.8 Å². The number of carbonyl (C=O) groups is 3. The normalized spacial score (nSPS) is 13.2. The molecule has 0 amide bonds. The third kappa shape index (κ3) is 83.1. The van der Waals surface area contributed by atoms with Crippen molar-refractivity contribution in [2.75, 3.05) is 47.5 Å². The first-order valence-corrected chi connectivity index (χ1v) is 43.1. The lowest BCUT2D eigenvalue weighted by Crippen LogP contribution is -2.40. The number of quaternary nitrogens is 1. The molecule has 0 aromatic rings. The molecule has 584 valence electrons. The van der Waals surface area contributed by atoms with E-state index in [1.54, 1.807) is 0 Å². The molecule has 0 aromatic carbocycles. The molecule has 0 heterocycles. The minimum Gasteiger partial charge on any atom is -0.477 e. The van der Waals surface area contributed by atoms with Gasteiger partial charge in [-0.1, -0.05) is 399 Å². The van der Waals surface area contributed by atoms with E-state index in [2.05, 4.69) is 123 Å². The van der Waals surface area contributed by atoms with E-state index in [1.807, 2.05) is 21.1 Å². The van der Waals surface area contributed by atoms with E-state index < -0.39 is 18.4 Å².